The molecular weight excluding hydrogens is 544 g/mol. The molecule has 1 aromatic carbocycles. The second-order valence-electron chi connectivity index (χ2n) is 8.82. The molecule has 14 heteroatoms. The van der Waals surface area contributed by atoms with E-state index < -0.39 is 53.3 Å². The number of nitrogens with two attached hydrogens (primary N) is 1. The summed E-state index contributed by atoms with van der Waals surface area (Å²) in [7, 11) is 0. The molecule has 2 amide bonds. The van der Waals surface area contributed by atoms with E-state index in [0.29, 0.717) is 17.3 Å². The fraction of sp³-hybridized carbons (Fsp3) is 0.462. The van der Waals surface area contributed by atoms with Gasteiger partial charge in [0.15, 0.2) is 0 Å². The van der Waals surface area contributed by atoms with Crippen molar-refractivity contribution in [3.63, 3.8) is 0 Å². The Morgan fingerprint density at radius 3 is 2.45 bits per heavy atom. The van der Waals surface area contributed by atoms with E-state index in [9.17, 15) is 28.8 Å². The van der Waals surface area contributed by atoms with Gasteiger partial charge in [0.05, 0.1) is 5.56 Å². The Labute approximate surface area is 234 Å². The first-order valence-electron chi connectivity index (χ1n) is 12.7. The first-order valence-corrected chi connectivity index (χ1v) is 13.7. The van der Waals surface area contributed by atoms with Gasteiger partial charge >= 0.3 is 17.6 Å². The topological polar surface area (TPSA) is 209 Å². The van der Waals surface area contributed by atoms with Crippen molar-refractivity contribution in [1.82, 2.24) is 10.6 Å². The van der Waals surface area contributed by atoms with Gasteiger partial charge in [-0.3, -0.25) is 19.2 Å². The molecule has 0 aliphatic rings. The second kappa shape index (κ2) is 15.6. The molecule has 0 fully saturated rings. The van der Waals surface area contributed by atoms with Gasteiger partial charge in [-0.2, -0.15) is 11.8 Å². The van der Waals surface area contributed by atoms with Crippen LogP contribution in [-0.2, 0) is 24.0 Å². The van der Waals surface area contributed by atoms with E-state index in [1.54, 1.807) is 12.1 Å². The SMILES string of the molecule is CCN(CC)c1ccc2cc(C(CC=O)SC[C@H](NC(=O)CC[C@H](N)C(=O)O)C(=O)NCC(=O)O)c(=O)oc2c1. The lowest BCUT2D eigenvalue weighted by Crippen LogP contribution is -2.49. The molecule has 0 saturated heterocycles. The molecular formula is C26H34N4O9S. The van der Waals surface area contributed by atoms with Crippen molar-refractivity contribution in [1.29, 1.82) is 0 Å². The summed E-state index contributed by atoms with van der Waals surface area (Å²) in [6, 6.07) is 4.59. The molecule has 0 spiro atoms. The van der Waals surface area contributed by atoms with Crippen LogP contribution in [0.2, 0.25) is 0 Å². The fourth-order valence-corrected chi connectivity index (χ4v) is 5.07. The van der Waals surface area contributed by atoms with Crippen molar-refractivity contribution in [3.8, 4) is 0 Å². The summed E-state index contributed by atoms with van der Waals surface area (Å²) < 4.78 is 5.57. The van der Waals surface area contributed by atoms with Gasteiger partial charge < -0.3 is 40.7 Å². The third-order valence-corrected chi connectivity index (χ3v) is 7.44. The highest BCUT2D eigenvalue weighted by molar-refractivity contribution is 7.99. The lowest BCUT2D eigenvalue weighted by molar-refractivity contribution is -0.139. The molecule has 0 aliphatic carbocycles. The monoisotopic (exact) mass is 578 g/mol. The van der Waals surface area contributed by atoms with Crippen LogP contribution < -0.4 is 26.9 Å². The molecule has 13 nitrogen and oxygen atoms in total. The van der Waals surface area contributed by atoms with Crippen LogP contribution in [0.5, 0.6) is 0 Å². The summed E-state index contributed by atoms with van der Waals surface area (Å²) >= 11 is 1.04. The van der Waals surface area contributed by atoms with Crippen molar-refractivity contribution in [2.45, 2.75) is 50.4 Å². The normalized spacial score (nSPS) is 13.2. The van der Waals surface area contributed by atoms with Crippen molar-refractivity contribution < 1.29 is 38.6 Å². The van der Waals surface area contributed by atoms with Crippen LogP contribution in [0.4, 0.5) is 5.69 Å². The van der Waals surface area contributed by atoms with E-state index in [-0.39, 0.29) is 30.6 Å². The van der Waals surface area contributed by atoms with Gasteiger partial charge in [-0.1, -0.05) is 0 Å². The number of nitrogens with one attached hydrogen (secondary N) is 2. The molecule has 0 radical (unpaired) electrons. The highest BCUT2D eigenvalue weighted by atomic mass is 32.2. The molecule has 1 aromatic heterocycles. The number of aldehydes is 1. The van der Waals surface area contributed by atoms with Crippen molar-refractivity contribution in [2.75, 3.05) is 30.3 Å². The van der Waals surface area contributed by atoms with Crippen molar-refractivity contribution >= 4 is 58.5 Å². The maximum absolute atomic E-state index is 12.9. The molecule has 218 valence electrons. The number of carboxylic acids is 2. The zero-order valence-electron chi connectivity index (χ0n) is 22.3. The van der Waals surface area contributed by atoms with Gasteiger partial charge in [-0.05, 0) is 38.5 Å². The second-order valence-corrected chi connectivity index (χ2v) is 10.1. The molecule has 1 heterocycles. The molecule has 3 atom stereocenters. The lowest BCUT2D eigenvalue weighted by Gasteiger charge is -2.22. The van der Waals surface area contributed by atoms with Gasteiger partial charge in [-0.25, -0.2) is 4.79 Å². The number of anilines is 1. The Balaban J connectivity index is 2.26. The van der Waals surface area contributed by atoms with Gasteiger partial charge in [0.25, 0.3) is 0 Å². The molecule has 1 unspecified atom stereocenters. The number of fused-ring (bicyclic) bond motifs is 1. The first kappa shape index (κ1) is 32.3. The van der Waals surface area contributed by atoms with Gasteiger partial charge in [-0.15, -0.1) is 0 Å². The van der Waals surface area contributed by atoms with E-state index in [1.165, 1.54) is 0 Å². The van der Waals surface area contributed by atoms with E-state index in [0.717, 1.165) is 30.5 Å². The summed E-state index contributed by atoms with van der Waals surface area (Å²) in [4.78, 5) is 73.3. The molecule has 2 aromatic rings. The third-order valence-electron chi connectivity index (χ3n) is 6.06. The molecule has 0 saturated carbocycles. The number of aliphatic carboxylic acids is 2. The van der Waals surface area contributed by atoms with Crippen LogP contribution in [-0.4, -0.2) is 77.7 Å². The quantitative estimate of drug-likeness (QED) is 0.131. The number of thioether (sulfide) groups is 1. The Morgan fingerprint density at radius 2 is 1.85 bits per heavy atom. The average Bonchev–Trinajstić information content (AvgIpc) is 2.92. The smallest absolute Gasteiger partial charge is 0.340 e. The van der Waals surface area contributed by atoms with Crippen LogP contribution >= 0.6 is 11.8 Å². The fourth-order valence-electron chi connectivity index (χ4n) is 3.86. The van der Waals surface area contributed by atoms with Crippen LogP contribution in [0.15, 0.2) is 33.5 Å². The van der Waals surface area contributed by atoms with Gasteiger partial charge in [0, 0.05) is 54.1 Å². The molecule has 2 rings (SSSR count). The minimum atomic E-state index is -1.30. The maximum Gasteiger partial charge on any atom is 0.340 e. The predicted octanol–water partition coefficient (Wildman–Crippen LogP) is 0.880. The van der Waals surface area contributed by atoms with Crippen LogP contribution in [0.3, 0.4) is 0 Å². The summed E-state index contributed by atoms with van der Waals surface area (Å²) in [5, 5.41) is 22.3. The van der Waals surface area contributed by atoms with E-state index in [1.807, 2.05) is 26.0 Å². The number of carboxylic acid groups (broad SMARTS) is 2. The predicted molar refractivity (Wildman–Crippen MR) is 149 cm³/mol. The highest BCUT2D eigenvalue weighted by Gasteiger charge is 2.26. The standard InChI is InChI=1S/C26H34N4O9S/c1-3-30(4-2)16-6-5-15-11-17(26(38)39-20(15)12-16)21(9-10-31)40-14-19(24(35)28-13-23(33)34)29-22(32)8-7-18(27)25(36)37/h5-6,10-12,18-19,21H,3-4,7-9,13-14,27H2,1-2H3,(H,28,35)(H,29,32)(H,33,34)(H,36,37)/t18-,19-,21?/m0/s1. The van der Waals surface area contributed by atoms with E-state index in [2.05, 4.69) is 15.5 Å². The Kier molecular flexibility index (Phi) is 12.6. The van der Waals surface area contributed by atoms with E-state index in [4.69, 9.17) is 20.4 Å². The summed E-state index contributed by atoms with van der Waals surface area (Å²) in [6.07, 6.45) is 0.0571. The highest BCUT2D eigenvalue weighted by Crippen LogP contribution is 2.32. The molecule has 40 heavy (non-hydrogen) atoms. The summed E-state index contributed by atoms with van der Waals surface area (Å²) in [5.74, 6) is -4.18. The van der Waals surface area contributed by atoms with E-state index >= 15 is 0 Å². The molecule has 0 aliphatic heterocycles. The molecule has 0 bridgehead atoms. The number of hydrogen-bond acceptors (Lipinski definition) is 10. The number of nitrogens with zero attached hydrogens (tertiary/aromatic N) is 1. The van der Waals surface area contributed by atoms with Gasteiger partial charge in [0.1, 0.15) is 30.5 Å². The summed E-state index contributed by atoms with van der Waals surface area (Å²) in [6.45, 7) is 4.87. The number of amides is 2. The number of carbonyl (C=O) groups excluding carboxylic acids is 3. The van der Waals surface area contributed by atoms with Crippen LogP contribution in [0, 0.1) is 0 Å². The minimum absolute atomic E-state index is 0.0939. The van der Waals surface area contributed by atoms with Crippen LogP contribution in [0.1, 0.15) is 43.9 Å². The Hall–Kier alpha value is -3.91. The Bertz CT molecular complexity index is 1280. The number of benzene rings is 1. The summed E-state index contributed by atoms with van der Waals surface area (Å²) in [5.41, 5.74) is 6.24. The first-order chi connectivity index (χ1) is 19.0. The van der Waals surface area contributed by atoms with Crippen LogP contribution in [0.25, 0.3) is 11.0 Å². The third kappa shape index (κ3) is 9.38. The number of hydrogen-bond donors (Lipinski definition) is 5. The number of carbonyl (C=O) groups is 5. The average molecular weight is 579 g/mol. The number of rotatable bonds is 17. The lowest BCUT2D eigenvalue weighted by atomic mass is 10.1. The Morgan fingerprint density at radius 1 is 1.15 bits per heavy atom. The minimum Gasteiger partial charge on any atom is -0.480 e. The maximum atomic E-state index is 12.9. The van der Waals surface area contributed by atoms with Crippen molar-refractivity contribution in [3.05, 3.63) is 40.2 Å². The zero-order valence-corrected chi connectivity index (χ0v) is 23.1. The van der Waals surface area contributed by atoms with Crippen molar-refractivity contribution in [2.24, 2.45) is 5.73 Å². The largest absolute Gasteiger partial charge is 0.480 e. The molecule has 6 N–H and O–H groups in total. The zero-order chi connectivity index (χ0) is 29.8. The van der Waals surface area contributed by atoms with Gasteiger partial charge in [0.2, 0.25) is 11.8 Å².